The number of aliphatic hydroxyl groups is 1. The van der Waals surface area contributed by atoms with Crippen molar-refractivity contribution < 1.29 is 15.0 Å². The van der Waals surface area contributed by atoms with E-state index in [-0.39, 0.29) is 5.56 Å². The Morgan fingerprint density at radius 3 is 2.62 bits per heavy atom. The van der Waals surface area contributed by atoms with Crippen LogP contribution in [-0.4, -0.2) is 21.2 Å². The number of aromatic amines is 1. The summed E-state index contributed by atoms with van der Waals surface area (Å²) in [7, 11) is 0. The second kappa shape index (κ2) is 5.87. The Balaban J connectivity index is 1.89. The zero-order chi connectivity index (χ0) is 18.5. The fourth-order valence-electron chi connectivity index (χ4n) is 3.49. The maximum atomic E-state index is 11.4. The maximum absolute atomic E-state index is 11.4. The Labute approximate surface area is 154 Å². The second-order valence-corrected chi connectivity index (χ2v) is 7.05. The van der Waals surface area contributed by atoms with Crippen LogP contribution >= 0.6 is 11.6 Å². The van der Waals surface area contributed by atoms with Crippen molar-refractivity contribution in [3.63, 3.8) is 0 Å². The van der Waals surface area contributed by atoms with Crippen LogP contribution in [0.4, 0.5) is 0 Å². The highest BCUT2D eigenvalue weighted by Crippen LogP contribution is 2.43. The first kappa shape index (κ1) is 16.6. The first-order valence-corrected chi connectivity index (χ1v) is 8.62. The van der Waals surface area contributed by atoms with Crippen molar-refractivity contribution in [1.29, 1.82) is 5.26 Å². The number of rotatable bonds is 3. The lowest BCUT2D eigenvalue weighted by Crippen LogP contribution is -2.33. The second-order valence-electron chi connectivity index (χ2n) is 6.64. The fraction of sp³-hybridized carbons (Fsp3) is 0.200. The summed E-state index contributed by atoms with van der Waals surface area (Å²) >= 11 is 6.40. The molecule has 1 aliphatic carbocycles. The fourth-order valence-corrected chi connectivity index (χ4v) is 3.75. The first-order chi connectivity index (χ1) is 12.4. The Morgan fingerprint density at radius 1 is 1.23 bits per heavy atom. The number of benzene rings is 2. The van der Waals surface area contributed by atoms with Gasteiger partial charge in [-0.15, -0.1) is 0 Å². The molecule has 4 rings (SSSR count). The van der Waals surface area contributed by atoms with Gasteiger partial charge in [-0.3, -0.25) is 0 Å². The highest BCUT2D eigenvalue weighted by molar-refractivity contribution is 6.34. The van der Waals surface area contributed by atoms with Gasteiger partial charge in [0.25, 0.3) is 0 Å². The highest BCUT2D eigenvalue weighted by Gasteiger charge is 2.36. The molecule has 1 aliphatic rings. The van der Waals surface area contributed by atoms with Crippen molar-refractivity contribution in [2.24, 2.45) is 0 Å². The molecule has 1 saturated carbocycles. The molecule has 0 atom stereocenters. The molecule has 3 aromatic rings. The molecule has 0 amide bonds. The number of nitrogens with zero attached hydrogens (tertiary/aromatic N) is 1. The minimum Gasteiger partial charge on any atom is -0.478 e. The van der Waals surface area contributed by atoms with E-state index in [4.69, 9.17) is 11.6 Å². The van der Waals surface area contributed by atoms with Crippen LogP contribution in [0, 0.1) is 11.3 Å². The molecule has 5 nitrogen and oxygen atoms in total. The van der Waals surface area contributed by atoms with E-state index in [9.17, 15) is 20.3 Å². The molecule has 0 spiro atoms. The van der Waals surface area contributed by atoms with Crippen LogP contribution in [-0.2, 0) is 5.60 Å². The predicted octanol–water partition coefficient (Wildman–Crippen LogP) is 4.43. The van der Waals surface area contributed by atoms with Crippen LogP contribution in [0.25, 0.3) is 22.0 Å². The van der Waals surface area contributed by atoms with Crippen LogP contribution in [0.15, 0.2) is 36.5 Å². The summed E-state index contributed by atoms with van der Waals surface area (Å²) < 4.78 is 0. The van der Waals surface area contributed by atoms with Crippen LogP contribution in [0.2, 0.25) is 5.02 Å². The predicted molar refractivity (Wildman–Crippen MR) is 98.2 cm³/mol. The summed E-state index contributed by atoms with van der Waals surface area (Å²) in [6.07, 6.45) is 3.77. The third-order valence-corrected chi connectivity index (χ3v) is 5.46. The zero-order valence-electron chi connectivity index (χ0n) is 13.7. The molecule has 3 N–H and O–H groups in total. The Kier molecular flexibility index (Phi) is 3.76. The zero-order valence-corrected chi connectivity index (χ0v) is 14.5. The van der Waals surface area contributed by atoms with Crippen LogP contribution < -0.4 is 0 Å². The van der Waals surface area contributed by atoms with Crippen LogP contribution in [0.3, 0.4) is 0 Å². The molecule has 26 heavy (non-hydrogen) atoms. The van der Waals surface area contributed by atoms with Crippen molar-refractivity contribution in [2.75, 3.05) is 0 Å². The van der Waals surface area contributed by atoms with Gasteiger partial charge in [-0.1, -0.05) is 23.7 Å². The Morgan fingerprint density at radius 2 is 2.00 bits per heavy atom. The van der Waals surface area contributed by atoms with Gasteiger partial charge in [-0.25, -0.2) is 4.79 Å². The number of carboxylic acid groups (broad SMARTS) is 1. The van der Waals surface area contributed by atoms with E-state index >= 15 is 0 Å². The number of hydrogen-bond acceptors (Lipinski definition) is 3. The number of aromatic carboxylic acids is 1. The molecule has 0 radical (unpaired) electrons. The number of hydrogen-bond donors (Lipinski definition) is 3. The van der Waals surface area contributed by atoms with Crippen molar-refractivity contribution in [3.8, 4) is 17.2 Å². The van der Waals surface area contributed by atoms with Crippen molar-refractivity contribution in [2.45, 2.75) is 24.9 Å². The van der Waals surface area contributed by atoms with Gasteiger partial charge < -0.3 is 15.2 Å². The third kappa shape index (κ3) is 2.47. The van der Waals surface area contributed by atoms with E-state index in [1.54, 1.807) is 24.3 Å². The minimum atomic E-state index is -1.03. The number of fused-ring (bicyclic) bond motifs is 1. The molecule has 0 aliphatic heterocycles. The summed E-state index contributed by atoms with van der Waals surface area (Å²) in [6.45, 7) is 0. The molecule has 1 fully saturated rings. The van der Waals surface area contributed by atoms with Gasteiger partial charge in [0.1, 0.15) is 0 Å². The first-order valence-electron chi connectivity index (χ1n) is 8.24. The standard InChI is InChI=1S/C20H15ClN2O3/c21-17-8-18-15(16(10-23-18)19(24)25)7-14(17)13-3-2-12(6-11(13)9-22)20(26)4-1-5-20/h2-3,6-8,10,23,26H,1,4-5H2,(H,24,25). The van der Waals surface area contributed by atoms with Gasteiger partial charge in [0.2, 0.25) is 0 Å². The molecule has 6 heteroatoms. The maximum Gasteiger partial charge on any atom is 0.337 e. The van der Waals surface area contributed by atoms with Gasteiger partial charge in [-0.2, -0.15) is 5.26 Å². The highest BCUT2D eigenvalue weighted by atomic mass is 35.5. The van der Waals surface area contributed by atoms with Crippen molar-refractivity contribution in [3.05, 3.63) is 58.2 Å². The van der Waals surface area contributed by atoms with Gasteiger partial charge in [0.05, 0.1) is 27.8 Å². The SMILES string of the molecule is N#Cc1cc(C2(O)CCC2)ccc1-c1cc2c(C(=O)O)c[nH]c2cc1Cl. The number of halogens is 1. The largest absolute Gasteiger partial charge is 0.478 e. The van der Waals surface area contributed by atoms with Gasteiger partial charge in [0, 0.05) is 28.2 Å². The topological polar surface area (TPSA) is 97.1 Å². The molecular formula is C20H15ClN2O3. The van der Waals surface area contributed by atoms with E-state index in [1.807, 2.05) is 6.07 Å². The smallest absolute Gasteiger partial charge is 0.337 e. The normalized spacial score (nSPS) is 15.4. The van der Waals surface area contributed by atoms with E-state index in [1.165, 1.54) is 6.20 Å². The molecular weight excluding hydrogens is 352 g/mol. The minimum absolute atomic E-state index is 0.150. The molecule has 2 aromatic carbocycles. The summed E-state index contributed by atoms with van der Waals surface area (Å²) in [5.41, 5.74) is 2.25. The van der Waals surface area contributed by atoms with Gasteiger partial charge >= 0.3 is 5.97 Å². The lowest BCUT2D eigenvalue weighted by Gasteiger charge is -2.37. The van der Waals surface area contributed by atoms with Gasteiger partial charge in [-0.05, 0) is 43.0 Å². The monoisotopic (exact) mass is 366 g/mol. The van der Waals surface area contributed by atoms with Crippen LogP contribution in [0.5, 0.6) is 0 Å². The molecule has 0 unspecified atom stereocenters. The average Bonchev–Trinajstić information content (AvgIpc) is 3.01. The lowest BCUT2D eigenvalue weighted by atomic mass is 9.74. The third-order valence-electron chi connectivity index (χ3n) is 5.15. The molecule has 0 bridgehead atoms. The lowest BCUT2D eigenvalue weighted by molar-refractivity contribution is -0.0388. The number of carbonyl (C=O) groups is 1. The Hall–Kier alpha value is -2.81. The number of nitrogens with one attached hydrogen (secondary N) is 1. The number of aromatic nitrogens is 1. The summed E-state index contributed by atoms with van der Waals surface area (Å²) in [5, 5.41) is 30.4. The Bertz CT molecular complexity index is 1090. The van der Waals surface area contributed by atoms with Gasteiger partial charge in [0.15, 0.2) is 0 Å². The number of H-pyrrole nitrogens is 1. The summed E-state index contributed by atoms with van der Waals surface area (Å²) in [6, 6.07) is 10.8. The molecule has 0 saturated heterocycles. The van der Waals surface area contributed by atoms with E-state index in [0.29, 0.717) is 45.5 Å². The molecule has 1 heterocycles. The van der Waals surface area contributed by atoms with Crippen molar-refractivity contribution in [1.82, 2.24) is 4.98 Å². The average molecular weight is 367 g/mol. The number of nitriles is 1. The summed E-state index contributed by atoms with van der Waals surface area (Å²) in [5.74, 6) is -1.03. The van der Waals surface area contributed by atoms with Crippen molar-refractivity contribution >= 4 is 28.5 Å². The van der Waals surface area contributed by atoms with Crippen LogP contribution in [0.1, 0.15) is 40.7 Å². The quantitative estimate of drug-likeness (QED) is 0.638. The summed E-state index contributed by atoms with van der Waals surface area (Å²) in [4.78, 5) is 14.3. The van der Waals surface area contributed by atoms with E-state index < -0.39 is 11.6 Å². The van der Waals surface area contributed by atoms with E-state index in [2.05, 4.69) is 11.1 Å². The number of carboxylic acids is 1. The molecule has 130 valence electrons. The molecule has 1 aromatic heterocycles. The van der Waals surface area contributed by atoms with E-state index in [0.717, 1.165) is 12.0 Å².